The van der Waals surface area contributed by atoms with Gasteiger partial charge in [-0.15, -0.1) is 0 Å². The third-order valence-corrected chi connectivity index (χ3v) is 3.37. The number of halogens is 3. The van der Waals surface area contributed by atoms with Gasteiger partial charge in [0.15, 0.2) is 0 Å². The van der Waals surface area contributed by atoms with E-state index in [0.717, 1.165) is 25.7 Å². The van der Waals surface area contributed by atoms with Crippen LogP contribution in [-0.2, 0) is 0 Å². The Bertz CT molecular complexity index is 180. The average Bonchev–Trinajstić information content (AvgIpc) is 2.25. The molecule has 0 aliphatic rings. The highest BCUT2D eigenvalue weighted by molar-refractivity contribution is 4.74. The first-order chi connectivity index (χ1) is 7.94. The highest BCUT2D eigenvalue weighted by Crippen LogP contribution is 2.25. The van der Waals surface area contributed by atoms with Crippen LogP contribution in [0.4, 0.5) is 13.2 Å². The van der Waals surface area contributed by atoms with Gasteiger partial charge in [-0.3, -0.25) is 0 Å². The summed E-state index contributed by atoms with van der Waals surface area (Å²) in [5, 5.41) is 3.18. The van der Waals surface area contributed by atoms with E-state index < -0.39 is 12.6 Å². The molecule has 0 fully saturated rings. The second-order valence-electron chi connectivity index (χ2n) is 4.71. The number of rotatable bonds is 9. The molecule has 1 nitrogen and oxygen atoms in total. The van der Waals surface area contributed by atoms with Crippen molar-refractivity contribution in [2.24, 2.45) is 5.92 Å². The summed E-state index contributed by atoms with van der Waals surface area (Å²) in [5.41, 5.74) is 0. The van der Waals surface area contributed by atoms with E-state index in [-0.39, 0.29) is 12.5 Å². The third-order valence-electron chi connectivity index (χ3n) is 3.37. The van der Waals surface area contributed by atoms with Gasteiger partial charge in [-0.1, -0.05) is 33.1 Å². The van der Waals surface area contributed by atoms with Crippen molar-refractivity contribution < 1.29 is 13.2 Å². The van der Waals surface area contributed by atoms with Gasteiger partial charge in [0.05, 0.1) is 0 Å². The summed E-state index contributed by atoms with van der Waals surface area (Å²) in [6, 6.07) is 0.230. The summed E-state index contributed by atoms with van der Waals surface area (Å²) in [7, 11) is 1.85. The van der Waals surface area contributed by atoms with Crippen LogP contribution in [0.3, 0.4) is 0 Å². The maximum Gasteiger partial charge on any atom is 0.389 e. The van der Waals surface area contributed by atoms with Crippen molar-refractivity contribution >= 4 is 0 Å². The van der Waals surface area contributed by atoms with Gasteiger partial charge in [0.2, 0.25) is 0 Å². The van der Waals surface area contributed by atoms with Crippen molar-refractivity contribution in [3.05, 3.63) is 0 Å². The minimum absolute atomic E-state index is 0.230. The standard InChI is InChI=1S/C13H26F3N/c1-4-6-8-11(5-2)12(17-3)9-7-10-13(14,15)16/h11-12,17H,4-10H2,1-3H3. The van der Waals surface area contributed by atoms with E-state index in [1.165, 1.54) is 0 Å². The van der Waals surface area contributed by atoms with Crippen molar-refractivity contribution in [1.82, 2.24) is 5.32 Å². The van der Waals surface area contributed by atoms with Crippen LogP contribution >= 0.6 is 0 Å². The highest BCUT2D eigenvalue weighted by atomic mass is 19.4. The van der Waals surface area contributed by atoms with Crippen LogP contribution in [0.1, 0.15) is 58.8 Å². The Labute approximate surface area is 103 Å². The minimum atomic E-state index is -4.01. The Kier molecular flexibility index (Phi) is 8.66. The molecule has 0 aliphatic heterocycles. The summed E-state index contributed by atoms with van der Waals surface area (Å²) < 4.78 is 36.2. The molecule has 17 heavy (non-hydrogen) atoms. The topological polar surface area (TPSA) is 12.0 Å². The Morgan fingerprint density at radius 3 is 2.12 bits per heavy atom. The van der Waals surface area contributed by atoms with Crippen molar-refractivity contribution in [2.75, 3.05) is 7.05 Å². The number of nitrogens with one attached hydrogen (secondary N) is 1. The molecule has 0 bridgehead atoms. The maximum atomic E-state index is 12.1. The quantitative estimate of drug-likeness (QED) is 0.637. The second kappa shape index (κ2) is 8.78. The molecule has 0 aromatic rings. The largest absolute Gasteiger partial charge is 0.389 e. The Balaban J connectivity index is 4.01. The number of unbranched alkanes of at least 4 members (excludes halogenated alkanes) is 1. The van der Waals surface area contributed by atoms with E-state index in [0.29, 0.717) is 12.3 Å². The normalized spacial score (nSPS) is 15.9. The van der Waals surface area contributed by atoms with Crippen molar-refractivity contribution in [1.29, 1.82) is 0 Å². The summed E-state index contributed by atoms with van der Waals surface area (Å²) in [6.07, 6.45) is 0.655. The minimum Gasteiger partial charge on any atom is -0.317 e. The van der Waals surface area contributed by atoms with E-state index in [2.05, 4.69) is 19.2 Å². The van der Waals surface area contributed by atoms with Gasteiger partial charge in [-0.05, 0) is 32.2 Å². The number of hydrogen-bond acceptors (Lipinski definition) is 1. The molecule has 4 heteroatoms. The molecule has 0 aromatic carbocycles. The van der Waals surface area contributed by atoms with Crippen molar-refractivity contribution in [3.8, 4) is 0 Å². The Hall–Kier alpha value is -0.250. The lowest BCUT2D eigenvalue weighted by Crippen LogP contribution is -2.33. The molecule has 0 saturated heterocycles. The van der Waals surface area contributed by atoms with Gasteiger partial charge in [-0.2, -0.15) is 13.2 Å². The van der Waals surface area contributed by atoms with Crippen LogP contribution in [0.2, 0.25) is 0 Å². The predicted octanol–water partition coefficient (Wildman–Crippen LogP) is 4.52. The van der Waals surface area contributed by atoms with Crippen LogP contribution in [0.25, 0.3) is 0 Å². The van der Waals surface area contributed by atoms with Gasteiger partial charge in [0.1, 0.15) is 0 Å². The Morgan fingerprint density at radius 1 is 1.06 bits per heavy atom. The molecule has 0 aliphatic carbocycles. The van der Waals surface area contributed by atoms with Crippen LogP contribution in [0, 0.1) is 5.92 Å². The number of alkyl halides is 3. The summed E-state index contributed by atoms with van der Waals surface area (Å²) in [4.78, 5) is 0. The molecule has 0 aromatic heterocycles. The van der Waals surface area contributed by atoms with Gasteiger partial charge < -0.3 is 5.32 Å². The molecule has 2 unspecified atom stereocenters. The molecular formula is C13H26F3N. The fourth-order valence-corrected chi connectivity index (χ4v) is 2.29. The maximum absolute atomic E-state index is 12.1. The van der Waals surface area contributed by atoms with Crippen LogP contribution in [0.15, 0.2) is 0 Å². The van der Waals surface area contributed by atoms with E-state index in [1.54, 1.807) is 0 Å². The first-order valence-corrected chi connectivity index (χ1v) is 6.68. The summed E-state index contributed by atoms with van der Waals surface area (Å²) >= 11 is 0. The molecular weight excluding hydrogens is 227 g/mol. The smallest absolute Gasteiger partial charge is 0.317 e. The molecule has 0 saturated carbocycles. The van der Waals surface area contributed by atoms with Crippen LogP contribution in [-0.4, -0.2) is 19.3 Å². The van der Waals surface area contributed by atoms with E-state index in [9.17, 15) is 13.2 Å². The second-order valence-corrected chi connectivity index (χ2v) is 4.71. The fraction of sp³-hybridized carbons (Fsp3) is 1.00. The van der Waals surface area contributed by atoms with E-state index in [4.69, 9.17) is 0 Å². The molecule has 0 radical (unpaired) electrons. The lowest BCUT2D eigenvalue weighted by molar-refractivity contribution is -0.136. The predicted molar refractivity (Wildman–Crippen MR) is 66.1 cm³/mol. The summed E-state index contributed by atoms with van der Waals surface area (Å²) in [6.45, 7) is 4.26. The zero-order valence-corrected chi connectivity index (χ0v) is 11.2. The van der Waals surface area contributed by atoms with Crippen LogP contribution < -0.4 is 5.32 Å². The molecule has 0 rings (SSSR count). The van der Waals surface area contributed by atoms with Crippen molar-refractivity contribution in [3.63, 3.8) is 0 Å². The van der Waals surface area contributed by atoms with Gasteiger partial charge in [0, 0.05) is 12.5 Å². The lowest BCUT2D eigenvalue weighted by atomic mass is 9.88. The molecule has 1 N–H and O–H groups in total. The third kappa shape index (κ3) is 8.47. The fourth-order valence-electron chi connectivity index (χ4n) is 2.29. The molecule has 2 atom stereocenters. The first kappa shape index (κ1) is 16.8. The van der Waals surface area contributed by atoms with Crippen LogP contribution in [0.5, 0.6) is 0 Å². The summed E-state index contributed by atoms with van der Waals surface area (Å²) in [5.74, 6) is 0.508. The van der Waals surface area contributed by atoms with Gasteiger partial charge in [0.25, 0.3) is 0 Å². The zero-order valence-electron chi connectivity index (χ0n) is 11.2. The van der Waals surface area contributed by atoms with Gasteiger partial charge in [-0.25, -0.2) is 0 Å². The van der Waals surface area contributed by atoms with E-state index >= 15 is 0 Å². The Morgan fingerprint density at radius 2 is 1.71 bits per heavy atom. The molecule has 104 valence electrons. The number of hydrogen-bond donors (Lipinski definition) is 1. The first-order valence-electron chi connectivity index (χ1n) is 6.68. The zero-order chi connectivity index (χ0) is 13.3. The van der Waals surface area contributed by atoms with E-state index in [1.807, 2.05) is 7.05 Å². The molecule has 0 spiro atoms. The SMILES string of the molecule is CCCCC(CC)C(CCCC(F)(F)F)NC. The monoisotopic (exact) mass is 253 g/mol. The van der Waals surface area contributed by atoms with Gasteiger partial charge >= 0.3 is 6.18 Å². The highest BCUT2D eigenvalue weighted by Gasteiger charge is 2.27. The lowest BCUT2D eigenvalue weighted by Gasteiger charge is -2.26. The van der Waals surface area contributed by atoms with Crippen molar-refractivity contribution in [2.45, 2.75) is 71.0 Å². The molecule has 0 heterocycles. The average molecular weight is 253 g/mol. The molecule has 0 amide bonds.